The fourth-order valence-corrected chi connectivity index (χ4v) is 1.57. The number of aliphatic hydroxyl groups is 1. The summed E-state index contributed by atoms with van der Waals surface area (Å²) in [6, 6.07) is 4.77. The molecular formula is C10H11FN2O. The van der Waals surface area contributed by atoms with E-state index in [2.05, 4.69) is 4.98 Å². The lowest BCUT2D eigenvalue weighted by atomic mass is 10.3. The molecule has 0 aliphatic rings. The van der Waals surface area contributed by atoms with E-state index in [1.807, 2.05) is 0 Å². The molecule has 0 aliphatic heterocycles. The minimum Gasteiger partial charge on any atom is -0.385 e. The van der Waals surface area contributed by atoms with Gasteiger partial charge in [-0.05, 0) is 19.1 Å². The Morgan fingerprint density at radius 2 is 2.21 bits per heavy atom. The summed E-state index contributed by atoms with van der Waals surface area (Å²) in [5.41, 5.74) is 1.01. The van der Waals surface area contributed by atoms with Crippen LogP contribution >= 0.6 is 0 Å². The second-order valence-electron chi connectivity index (χ2n) is 3.31. The van der Waals surface area contributed by atoms with Gasteiger partial charge in [-0.2, -0.15) is 0 Å². The lowest BCUT2D eigenvalue weighted by Gasteiger charge is -2.03. The molecule has 0 radical (unpaired) electrons. The number of hydrogen-bond acceptors (Lipinski definition) is 2. The van der Waals surface area contributed by atoms with E-state index < -0.39 is 6.10 Å². The predicted molar refractivity (Wildman–Crippen MR) is 51.3 cm³/mol. The number of benzene rings is 1. The Hall–Kier alpha value is -1.42. The van der Waals surface area contributed by atoms with Crippen LogP contribution in [-0.4, -0.2) is 14.7 Å². The predicted octanol–water partition coefficient (Wildman–Crippen LogP) is 1.77. The van der Waals surface area contributed by atoms with Gasteiger partial charge in [-0.1, -0.05) is 6.07 Å². The highest BCUT2D eigenvalue weighted by Crippen LogP contribution is 2.21. The fraction of sp³-hybridized carbons (Fsp3) is 0.300. The van der Waals surface area contributed by atoms with Crippen molar-refractivity contribution in [2.24, 2.45) is 7.05 Å². The average Bonchev–Trinajstić information content (AvgIpc) is 2.46. The lowest BCUT2D eigenvalue weighted by molar-refractivity contribution is 0.186. The van der Waals surface area contributed by atoms with Gasteiger partial charge in [0.15, 0.2) is 5.82 Å². The number of imidazole rings is 1. The third-order valence-corrected chi connectivity index (χ3v) is 2.27. The molecule has 2 rings (SSSR count). The van der Waals surface area contributed by atoms with Crippen LogP contribution in [0.1, 0.15) is 18.9 Å². The fourth-order valence-electron chi connectivity index (χ4n) is 1.57. The van der Waals surface area contributed by atoms with E-state index >= 15 is 0 Å². The van der Waals surface area contributed by atoms with Crippen molar-refractivity contribution < 1.29 is 9.50 Å². The first kappa shape index (κ1) is 9.15. The van der Waals surface area contributed by atoms with Crippen molar-refractivity contribution in [3.63, 3.8) is 0 Å². The van der Waals surface area contributed by atoms with Crippen molar-refractivity contribution in [2.45, 2.75) is 13.0 Å². The van der Waals surface area contributed by atoms with Gasteiger partial charge in [0.05, 0.1) is 5.52 Å². The van der Waals surface area contributed by atoms with Gasteiger partial charge in [0.25, 0.3) is 0 Å². The molecule has 3 nitrogen and oxygen atoms in total. The number of hydrogen-bond donors (Lipinski definition) is 1. The van der Waals surface area contributed by atoms with E-state index in [1.165, 1.54) is 6.07 Å². The molecular weight excluding hydrogens is 183 g/mol. The van der Waals surface area contributed by atoms with E-state index in [0.29, 0.717) is 16.9 Å². The van der Waals surface area contributed by atoms with Crippen molar-refractivity contribution in [1.29, 1.82) is 0 Å². The van der Waals surface area contributed by atoms with E-state index in [0.717, 1.165) is 0 Å². The van der Waals surface area contributed by atoms with Crippen LogP contribution in [0.5, 0.6) is 0 Å². The maximum Gasteiger partial charge on any atom is 0.151 e. The smallest absolute Gasteiger partial charge is 0.151 e. The van der Waals surface area contributed by atoms with Crippen LogP contribution in [0, 0.1) is 5.82 Å². The molecule has 2 aromatic rings. The monoisotopic (exact) mass is 194 g/mol. The Kier molecular flexibility index (Phi) is 2.00. The summed E-state index contributed by atoms with van der Waals surface area (Å²) in [7, 11) is 1.76. The first-order valence-electron chi connectivity index (χ1n) is 4.40. The third-order valence-electron chi connectivity index (χ3n) is 2.27. The summed E-state index contributed by atoms with van der Waals surface area (Å²) < 4.78 is 15.0. The van der Waals surface area contributed by atoms with E-state index in [1.54, 1.807) is 30.7 Å². The zero-order chi connectivity index (χ0) is 10.3. The standard InChI is InChI=1S/C10H11FN2O/c1-6(14)10-12-9-7(11)4-3-5-8(9)13(10)2/h3-6,14H,1-2H3. The Balaban J connectivity index is 2.80. The molecule has 0 saturated carbocycles. The minimum atomic E-state index is -0.688. The van der Waals surface area contributed by atoms with Gasteiger partial charge in [0, 0.05) is 7.05 Å². The van der Waals surface area contributed by atoms with Crippen molar-refractivity contribution >= 4 is 11.0 Å². The molecule has 1 aromatic heterocycles. The Morgan fingerprint density at radius 3 is 2.79 bits per heavy atom. The molecule has 0 saturated heterocycles. The number of aliphatic hydroxyl groups excluding tert-OH is 1. The molecule has 1 aromatic carbocycles. The number of aromatic nitrogens is 2. The largest absolute Gasteiger partial charge is 0.385 e. The van der Waals surface area contributed by atoms with E-state index in [4.69, 9.17) is 0 Å². The van der Waals surface area contributed by atoms with Crippen LogP contribution in [0.3, 0.4) is 0 Å². The minimum absolute atomic E-state index is 0.311. The number of nitrogens with zero attached hydrogens (tertiary/aromatic N) is 2. The van der Waals surface area contributed by atoms with Crippen LogP contribution in [0.2, 0.25) is 0 Å². The second kappa shape index (κ2) is 3.06. The molecule has 1 N–H and O–H groups in total. The van der Waals surface area contributed by atoms with Gasteiger partial charge < -0.3 is 9.67 Å². The molecule has 1 unspecified atom stereocenters. The normalized spacial score (nSPS) is 13.4. The molecule has 4 heteroatoms. The molecule has 0 amide bonds. The summed E-state index contributed by atoms with van der Waals surface area (Å²) >= 11 is 0. The van der Waals surface area contributed by atoms with Crippen LogP contribution in [0.25, 0.3) is 11.0 Å². The number of halogens is 1. The summed E-state index contributed by atoms with van der Waals surface area (Å²) in [5.74, 6) is 0.120. The van der Waals surface area contributed by atoms with Crippen LogP contribution in [0.4, 0.5) is 4.39 Å². The van der Waals surface area contributed by atoms with E-state index in [9.17, 15) is 9.50 Å². The summed E-state index contributed by atoms with van der Waals surface area (Å²) in [4.78, 5) is 4.05. The molecule has 14 heavy (non-hydrogen) atoms. The summed E-state index contributed by atoms with van der Waals surface area (Å²) in [5, 5.41) is 9.39. The molecule has 1 heterocycles. The van der Waals surface area contributed by atoms with Crippen molar-refractivity contribution in [3.8, 4) is 0 Å². The molecule has 0 bridgehead atoms. The Labute approximate surface area is 80.8 Å². The number of aryl methyl sites for hydroxylation is 1. The first-order chi connectivity index (χ1) is 6.61. The number of para-hydroxylation sites is 1. The average molecular weight is 194 g/mol. The zero-order valence-corrected chi connectivity index (χ0v) is 8.03. The maximum atomic E-state index is 13.3. The summed E-state index contributed by atoms with van der Waals surface area (Å²) in [6.07, 6.45) is -0.688. The quantitative estimate of drug-likeness (QED) is 0.751. The SMILES string of the molecule is CC(O)c1nc2c(F)cccc2n1C. The highest BCUT2D eigenvalue weighted by molar-refractivity contribution is 5.76. The Morgan fingerprint density at radius 1 is 1.50 bits per heavy atom. The molecule has 74 valence electrons. The molecule has 0 fully saturated rings. The van der Waals surface area contributed by atoms with Gasteiger partial charge >= 0.3 is 0 Å². The van der Waals surface area contributed by atoms with Gasteiger partial charge in [0.1, 0.15) is 17.4 Å². The molecule has 0 spiro atoms. The van der Waals surface area contributed by atoms with Crippen LogP contribution in [0.15, 0.2) is 18.2 Å². The topological polar surface area (TPSA) is 38.1 Å². The highest BCUT2D eigenvalue weighted by atomic mass is 19.1. The van der Waals surface area contributed by atoms with Crippen molar-refractivity contribution in [1.82, 2.24) is 9.55 Å². The first-order valence-corrected chi connectivity index (χ1v) is 4.40. The van der Waals surface area contributed by atoms with E-state index in [-0.39, 0.29) is 5.82 Å². The van der Waals surface area contributed by atoms with Crippen LogP contribution in [-0.2, 0) is 7.05 Å². The van der Waals surface area contributed by atoms with Crippen LogP contribution < -0.4 is 0 Å². The zero-order valence-electron chi connectivity index (χ0n) is 8.03. The maximum absolute atomic E-state index is 13.3. The number of rotatable bonds is 1. The van der Waals surface area contributed by atoms with Crippen molar-refractivity contribution in [3.05, 3.63) is 29.8 Å². The van der Waals surface area contributed by atoms with Gasteiger partial charge in [-0.15, -0.1) is 0 Å². The van der Waals surface area contributed by atoms with Gasteiger partial charge in [-0.25, -0.2) is 9.37 Å². The Bertz CT molecular complexity index is 476. The number of fused-ring (bicyclic) bond motifs is 1. The lowest BCUT2D eigenvalue weighted by Crippen LogP contribution is -2.01. The van der Waals surface area contributed by atoms with Gasteiger partial charge in [0.2, 0.25) is 0 Å². The van der Waals surface area contributed by atoms with Gasteiger partial charge in [-0.3, -0.25) is 0 Å². The molecule has 0 aliphatic carbocycles. The highest BCUT2D eigenvalue weighted by Gasteiger charge is 2.13. The molecule has 1 atom stereocenters. The third kappa shape index (κ3) is 1.19. The van der Waals surface area contributed by atoms with Crippen molar-refractivity contribution in [2.75, 3.05) is 0 Å². The second-order valence-corrected chi connectivity index (χ2v) is 3.31. The summed E-state index contributed by atoms with van der Waals surface area (Å²) in [6.45, 7) is 1.61.